The molecular weight excluding hydrogens is 469 g/mol. The van der Waals surface area contributed by atoms with Crippen molar-refractivity contribution in [2.75, 3.05) is 34.2 Å². The second kappa shape index (κ2) is 12.5. The smallest absolute Gasteiger partial charge is 0.230 e. The third-order valence-corrected chi connectivity index (χ3v) is 5.85. The molecule has 162 valence electrons. The summed E-state index contributed by atoms with van der Waals surface area (Å²) in [7, 11) is 5.35. The Labute approximate surface area is 186 Å². The highest BCUT2D eigenvalue weighted by molar-refractivity contribution is 14.0. The van der Waals surface area contributed by atoms with Crippen LogP contribution in [0.3, 0.4) is 0 Å². The first kappa shape index (κ1) is 25.0. The Morgan fingerprint density at radius 3 is 2.25 bits per heavy atom. The maximum absolute atomic E-state index is 12.6. The first-order chi connectivity index (χ1) is 13.0. The summed E-state index contributed by atoms with van der Waals surface area (Å²) in [6.07, 6.45) is 10.4. The van der Waals surface area contributed by atoms with Crippen molar-refractivity contribution >= 4 is 41.8 Å². The van der Waals surface area contributed by atoms with Gasteiger partial charge in [0, 0.05) is 46.7 Å². The molecule has 28 heavy (non-hydrogen) atoms. The number of rotatable bonds is 7. The van der Waals surface area contributed by atoms with Gasteiger partial charge in [-0.05, 0) is 25.7 Å². The molecule has 0 saturated heterocycles. The topological polar surface area (TPSA) is 85.8 Å². The van der Waals surface area contributed by atoms with Crippen LogP contribution in [-0.4, -0.2) is 62.9 Å². The van der Waals surface area contributed by atoms with Crippen molar-refractivity contribution in [1.29, 1.82) is 0 Å². The lowest BCUT2D eigenvalue weighted by Crippen LogP contribution is -2.49. The second-order valence-electron chi connectivity index (χ2n) is 8.19. The van der Waals surface area contributed by atoms with Crippen LogP contribution in [-0.2, 0) is 9.59 Å². The summed E-state index contributed by atoms with van der Waals surface area (Å²) in [5.41, 5.74) is -0.334. The fourth-order valence-electron chi connectivity index (χ4n) is 4.31. The lowest BCUT2D eigenvalue weighted by Gasteiger charge is -2.31. The summed E-state index contributed by atoms with van der Waals surface area (Å²) in [5, 5.41) is 9.63. The maximum Gasteiger partial charge on any atom is 0.230 e. The fourth-order valence-corrected chi connectivity index (χ4v) is 4.31. The molecule has 2 saturated carbocycles. The first-order valence-electron chi connectivity index (χ1n) is 10.4. The SMILES string of the molecule is CN=C(NCCC(=O)NC1CCCCC1)NCC1(C(=O)N(C)C)CCCC1.I. The molecule has 0 aromatic rings. The minimum Gasteiger partial charge on any atom is -0.356 e. The molecule has 0 spiro atoms. The molecule has 2 amide bonds. The van der Waals surface area contributed by atoms with Crippen molar-refractivity contribution < 1.29 is 9.59 Å². The number of hydrogen-bond acceptors (Lipinski definition) is 3. The van der Waals surface area contributed by atoms with Crippen molar-refractivity contribution in [2.45, 2.75) is 70.3 Å². The molecule has 2 aliphatic rings. The summed E-state index contributed by atoms with van der Waals surface area (Å²) in [5.74, 6) is 0.938. The average Bonchev–Trinajstić information content (AvgIpc) is 3.14. The van der Waals surface area contributed by atoms with E-state index >= 15 is 0 Å². The van der Waals surface area contributed by atoms with Gasteiger partial charge in [0.15, 0.2) is 5.96 Å². The lowest BCUT2D eigenvalue weighted by molar-refractivity contribution is -0.138. The Kier molecular flexibility index (Phi) is 11.1. The molecule has 0 bridgehead atoms. The van der Waals surface area contributed by atoms with E-state index in [1.165, 1.54) is 19.3 Å². The Balaban J connectivity index is 0.00000392. The van der Waals surface area contributed by atoms with E-state index in [0.717, 1.165) is 38.5 Å². The van der Waals surface area contributed by atoms with Gasteiger partial charge >= 0.3 is 0 Å². The fraction of sp³-hybridized carbons (Fsp3) is 0.850. The summed E-state index contributed by atoms with van der Waals surface area (Å²) < 4.78 is 0. The van der Waals surface area contributed by atoms with E-state index in [9.17, 15) is 9.59 Å². The van der Waals surface area contributed by atoms with Gasteiger partial charge in [0.2, 0.25) is 11.8 Å². The van der Waals surface area contributed by atoms with Crippen LogP contribution in [0.2, 0.25) is 0 Å². The number of guanidine groups is 1. The second-order valence-corrected chi connectivity index (χ2v) is 8.19. The Morgan fingerprint density at radius 2 is 1.68 bits per heavy atom. The standard InChI is InChI=1S/C20H37N5O2.HI/c1-21-19(22-14-11-17(26)24-16-9-5-4-6-10-16)23-15-20(12-7-8-13-20)18(27)25(2)3;/h16H,4-15H2,1-3H3,(H,24,26)(H2,21,22,23);1H. The Bertz CT molecular complexity index is 527. The van der Waals surface area contributed by atoms with Gasteiger partial charge in [-0.25, -0.2) is 0 Å². The Hall–Kier alpha value is -1.06. The predicted molar refractivity (Wildman–Crippen MR) is 124 cm³/mol. The molecule has 2 rings (SSSR count). The molecule has 0 heterocycles. The monoisotopic (exact) mass is 507 g/mol. The normalized spacial score (nSPS) is 19.5. The number of nitrogens with zero attached hydrogens (tertiary/aromatic N) is 2. The number of carbonyl (C=O) groups is 2. The molecule has 0 atom stereocenters. The van der Waals surface area contributed by atoms with Crippen LogP contribution in [0.1, 0.15) is 64.2 Å². The van der Waals surface area contributed by atoms with Crippen LogP contribution in [0.15, 0.2) is 4.99 Å². The zero-order valence-corrected chi connectivity index (χ0v) is 20.0. The van der Waals surface area contributed by atoms with Crippen LogP contribution in [0.25, 0.3) is 0 Å². The molecule has 3 N–H and O–H groups in total. The summed E-state index contributed by atoms with van der Waals surface area (Å²) in [6.45, 7) is 1.12. The van der Waals surface area contributed by atoms with Gasteiger partial charge in [0.05, 0.1) is 5.41 Å². The largest absolute Gasteiger partial charge is 0.356 e. The van der Waals surface area contributed by atoms with Gasteiger partial charge in [-0.1, -0.05) is 32.1 Å². The highest BCUT2D eigenvalue weighted by Gasteiger charge is 2.42. The summed E-state index contributed by atoms with van der Waals surface area (Å²) >= 11 is 0. The molecule has 0 aromatic carbocycles. The van der Waals surface area contributed by atoms with E-state index in [1.807, 2.05) is 14.1 Å². The molecule has 7 nitrogen and oxygen atoms in total. The number of hydrogen-bond donors (Lipinski definition) is 3. The van der Waals surface area contributed by atoms with E-state index in [2.05, 4.69) is 20.9 Å². The number of nitrogens with one attached hydrogen (secondary N) is 3. The van der Waals surface area contributed by atoms with Crippen LogP contribution in [0, 0.1) is 5.41 Å². The molecule has 0 radical (unpaired) electrons. The highest BCUT2D eigenvalue weighted by atomic mass is 127. The van der Waals surface area contributed by atoms with E-state index in [0.29, 0.717) is 31.5 Å². The van der Waals surface area contributed by atoms with Crippen molar-refractivity contribution in [3.63, 3.8) is 0 Å². The number of amides is 2. The third kappa shape index (κ3) is 7.40. The molecule has 2 fully saturated rings. The number of aliphatic imine (C=N–C) groups is 1. The zero-order valence-electron chi connectivity index (χ0n) is 17.7. The molecular formula is C20H38IN5O2. The van der Waals surface area contributed by atoms with Gasteiger partial charge in [0.1, 0.15) is 0 Å². The zero-order chi connectivity index (χ0) is 19.7. The van der Waals surface area contributed by atoms with Crippen LogP contribution < -0.4 is 16.0 Å². The molecule has 0 unspecified atom stereocenters. The highest BCUT2D eigenvalue weighted by Crippen LogP contribution is 2.38. The third-order valence-electron chi connectivity index (χ3n) is 5.85. The van der Waals surface area contributed by atoms with Crippen molar-refractivity contribution in [3.05, 3.63) is 0 Å². The van der Waals surface area contributed by atoms with Crippen LogP contribution >= 0.6 is 24.0 Å². The van der Waals surface area contributed by atoms with Gasteiger partial charge < -0.3 is 20.9 Å². The first-order valence-corrected chi connectivity index (χ1v) is 10.4. The van der Waals surface area contributed by atoms with E-state index in [1.54, 1.807) is 11.9 Å². The summed E-state index contributed by atoms with van der Waals surface area (Å²) in [4.78, 5) is 30.7. The van der Waals surface area contributed by atoms with Gasteiger partial charge in [-0.15, -0.1) is 24.0 Å². The van der Waals surface area contributed by atoms with Crippen molar-refractivity contribution in [3.8, 4) is 0 Å². The van der Waals surface area contributed by atoms with E-state index < -0.39 is 0 Å². The molecule has 8 heteroatoms. The number of carbonyl (C=O) groups excluding carboxylic acids is 2. The van der Waals surface area contributed by atoms with Crippen LogP contribution in [0.4, 0.5) is 0 Å². The van der Waals surface area contributed by atoms with Gasteiger partial charge in [0.25, 0.3) is 0 Å². The molecule has 0 aliphatic heterocycles. The van der Waals surface area contributed by atoms with E-state index in [-0.39, 0.29) is 41.2 Å². The van der Waals surface area contributed by atoms with Crippen LogP contribution in [0.5, 0.6) is 0 Å². The molecule has 0 aromatic heterocycles. The average molecular weight is 507 g/mol. The molecule has 2 aliphatic carbocycles. The van der Waals surface area contributed by atoms with E-state index in [4.69, 9.17) is 0 Å². The lowest BCUT2D eigenvalue weighted by atomic mass is 9.84. The summed E-state index contributed by atoms with van der Waals surface area (Å²) in [6, 6.07) is 0.350. The van der Waals surface area contributed by atoms with Crippen molar-refractivity contribution in [1.82, 2.24) is 20.9 Å². The van der Waals surface area contributed by atoms with Crippen molar-refractivity contribution in [2.24, 2.45) is 10.4 Å². The van der Waals surface area contributed by atoms with Gasteiger partial charge in [-0.3, -0.25) is 14.6 Å². The predicted octanol–water partition coefficient (Wildman–Crippen LogP) is 2.26. The number of halogens is 1. The minimum atomic E-state index is -0.334. The minimum absolute atomic E-state index is 0. The maximum atomic E-state index is 12.6. The Morgan fingerprint density at radius 1 is 1.04 bits per heavy atom. The van der Waals surface area contributed by atoms with Gasteiger partial charge in [-0.2, -0.15) is 0 Å². The quantitative estimate of drug-likeness (QED) is 0.281.